The van der Waals surface area contributed by atoms with Crippen molar-refractivity contribution in [3.8, 4) is 0 Å². The molecular formula is C11H16. The molecule has 0 heterocycles. The van der Waals surface area contributed by atoms with Gasteiger partial charge in [0.2, 0.25) is 0 Å². The smallest absolute Gasteiger partial charge is 0.0166 e. The minimum Gasteiger partial charge on any atom is -0.0847 e. The van der Waals surface area contributed by atoms with Crippen molar-refractivity contribution < 1.29 is 0 Å². The third-order valence-corrected chi connectivity index (χ3v) is 3.31. The summed E-state index contributed by atoms with van der Waals surface area (Å²) >= 11 is 0. The summed E-state index contributed by atoms with van der Waals surface area (Å²) in [6, 6.07) is 0. The van der Waals surface area contributed by atoms with Gasteiger partial charge in [-0.05, 0) is 44.9 Å². The Kier molecular flexibility index (Phi) is 1.63. The molecule has 0 saturated carbocycles. The fourth-order valence-corrected chi connectivity index (χ4v) is 2.27. The highest BCUT2D eigenvalue weighted by atomic mass is 14.3. The van der Waals surface area contributed by atoms with Crippen LogP contribution in [0, 0.1) is 11.8 Å². The molecule has 0 aliphatic heterocycles. The third kappa shape index (κ3) is 1.15. The molecule has 0 fully saturated rings. The van der Waals surface area contributed by atoms with Gasteiger partial charge in [-0.25, -0.2) is 0 Å². The largest absolute Gasteiger partial charge is 0.0847 e. The number of rotatable bonds is 0. The van der Waals surface area contributed by atoms with Gasteiger partial charge in [-0.3, -0.25) is 0 Å². The van der Waals surface area contributed by atoms with E-state index in [2.05, 4.69) is 26.0 Å². The molecule has 11 heavy (non-hydrogen) atoms. The molecule has 0 amide bonds. The lowest BCUT2D eigenvalue weighted by atomic mass is 9.73. The molecule has 2 bridgehead atoms. The molecular weight excluding hydrogens is 132 g/mol. The summed E-state index contributed by atoms with van der Waals surface area (Å²) < 4.78 is 0. The van der Waals surface area contributed by atoms with Crippen LogP contribution in [0.4, 0.5) is 0 Å². The highest BCUT2D eigenvalue weighted by Gasteiger charge is 2.25. The van der Waals surface area contributed by atoms with Crippen LogP contribution in [0.5, 0.6) is 0 Å². The van der Waals surface area contributed by atoms with E-state index in [1.807, 2.05) is 0 Å². The zero-order valence-electron chi connectivity index (χ0n) is 7.43. The molecule has 0 saturated heterocycles. The van der Waals surface area contributed by atoms with Crippen LogP contribution in [0.25, 0.3) is 0 Å². The summed E-state index contributed by atoms with van der Waals surface area (Å²) in [6.45, 7) is 4.57. The monoisotopic (exact) mass is 148 g/mol. The minimum atomic E-state index is 0.887. The zero-order valence-corrected chi connectivity index (χ0v) is 7.43. The van der Waals surface area contributed by atoms with E-state index in [0.29, 0.717) is 0 Å². The second-order valence-electron chi connectivity index (χ2n) is 4.00. The summed E-state index contributed by atoms with van der Waals surface area (Å²) in [7, 11) is 0. The van der Waals surface area contributed by atoms with Gasteiger partial charge in [0.15, 0.2) is 0 Å². The molecule has 2 rings (SSSR count). The first-order valence-corrected chi connectivity index (χ1v) is 4.60. The van der Waals surface area contributed by atoms with Gasteiger partial charge in [0.05, 0.1) is 0 Å². The van der Waals surface area contributed by atoms with Crippen molar-refractivity contribution in [1.29, 1.82) is 0 Å². The minimum absolute atomic E-state index is 0.887. The zero-order chi connectivity index (χ0) is 7.84. The summed E-state index contributed by atoms with van der Waals surface area (Å²) in [4.78, 5) is 0. The number of allylic oxidation sites excluding steroid dienone is 4. The predicted molar refractivity (Wildman–Crippen MR) is 48.3 cm³/mol. The van der Waals surface area contributed by atoms with Crippen molar-refractivity contribution in [2.24, 2.45) is 11.8 Å². The van der Waals surface area contributed by atoms with Gasteiger partial charge in [0, 0.05) is 0 Å². The Morgan fingerprint density at radius 3 is 1.91 bits per heavy atom. The molecule has 0 heteroatoms. The molecule has 2 atom stereocenters. The van der Waals surface area contributed by atoms with E-state index < -0.39 is 0 Å². The van der Waals surface area contributed by atoms with Crippen molar-refractivity contribution in [3.05, 3.63) is 23.3 Å². The molecule has 0 aromatic rings. The fraction of sp³-hybridized carbons (Fsp3) is 0.636. The van der Waals surface area contributed by atoms with Crippen LogP contribution in [-0.2, 0) is 0 Å². The van der Waals surface area contributed by atoms with E-state index >= 15 is 0 Å². The van der Waals surface area contributed by atoms with E-state index in [1.54, 1.807) is 11.1 Å². The molecule has 0 nitrogen and oxygen atoms in total. The van der Waals surface area contributed by atoms with Gasteiger partial charge in [-0.15, -0.1) is 0 Å². The van der Waals surface area contributed by atoms with Crippen LogP contribution in [-0.4, -0.2) is 0 Å². The van der Waals surface area contributed by atoms with Crippen LogP contribution < -0.4 is 0 Å². The van der Waals surface area contributed by atoms with Crippen LogP contribution in [0.3, 0.4) is 0 Å². The number of hydrogen-bond donors (Lipinski definition) is 0. The van der Waals surface area contributed by atoms with Crippen LogP contribution >= 0.6 is 0 Å². The first kappa shape index (κ1) is 7.15. The average Bonchev–Trinajstić information content (AvgIpc) is 2.02. The van der Waals surface area contributed by atoms with Crippen molar-refractivity contribution in [2.75, 3.05) is 0 Å². The average molecular weight is 148 g/mol. The van der Waals surface area contributed by atoms with E-state index in [0.717, 1.165) is 11.8 Å². The molecule has 0 aromatic carbocycles. The first-order valence-electron chi connectivity index (χ1n) is 4.60. The van der Waals surface area contributed by atoms with Gasteiger partial charge >= 0.3 is 0 Å². The molecule has 2 unspecified atom stereocenters. The van der Waals surface area contributed by atoms with Crippen molar-refractivity contribution in [3.63, 3.8) is 0 Å². The third-order valence-electron chi connectivity index (χ3n) is 3.31. The molecule has 0 aromatic heterocycles. The molecule has 60 valence electrons. The topological polar surface area (TPSA) is 0 Å². The fourth-order valence-electron chi connectivity index (χ4n) is 2.27. The maximum absolute atomic E-state index is 2.44. The van der Waals surface area contributed by atoms with E-state index in [1.165, 1.54) is 19.3 Å². The van der Waals surface area contributed by atoms with Crippen LogP contribution in [0.2, 0.25) is 0 Å². The Labute approximate surface area is 69.0 Å². The summed E-state index contributed by atoms with van der Waals surface area (Å²) in [5.41, 5.74) is 3.26. The highest BCUT2D eigenvalue weighted by molar-refractivity contribution is 5.20. The van der Waals surface area contributed by atoms with Gasteiger partial charge in [0.25, 0.3) is 0 Å². The van der Waals surface area contributed by atoms with Crippen LogP contribution in [0.15, 0.2) is 23.3 Å². The second-order valence-corrected chi connectivity index (χ2v) is 4.00. The van der Waals surface area contributed by atoms with E-state index in [4.69, 9.17) is 0 Å². The molecule has 2 aliphatic rings. The van der Waals surface area contributed by atoms with Crippen molar-refractivity contribution >= 4 is 0 Å². The Hall–Kier alpha value is -0.520. The Morgan fingerprint density at radius 2 is 1.45 bits per heavy atom. The van der Waals surface area contributed by atoms with Crippen molar-refractivity contribution in [1.82, 2.24) is 0 Å². The molecule has 0 radical (unpaired) electrons. The second kappa shape index (κ2) is 2.51. The lowest BCUT2D eigenvalue weighted by Gasteiger charge is -2.32. The Morgan fingerprint density at radius 1 is 1.00 bits per heavy atom. The summed E-state index contributed by atoms with van der Waals surface area (Å²) in [6.07, 6.45) is 8.89. The SMILES string of the molecule is CC1=CCC2CC1CC=C2C. The Bertz CT molecular complexity index is 196. The molecule has 2 aliphatic carbocycles. The van der Waals surface area contributed by atoms with Crippen molar-refractivity contribution in [2.45, 2.75) is 33.1 Å². The van der Waals surface area contributed by atoms with Crippen LogP contribution in [0.1, 0.15) is 33.1 Å². The number of fused-ring (bicyclic) bond motifs is 2. The first-order chi connectivity index (χ1) is 5.27. The van der Waals surface area contributed by atoms with Gasteiger partial charge in [0.1, 0.15) is 0 Å². The molecule has 0 spiro atoms. The summed E-state index contributed by atoms with van der Waals surface area (Å²) in [5, 5.41) is 0. The van der Waals surface area contributed by atoms with Gasteiger partial charge < -0.3 is 0 Å². The summed E-state index contributed by atoms with van der Waals surface area (Å²) in [5.74, 6) is 1.77. The lowest BCUT2D eigenvalue weighted by Crippen LogP contribution is -2.19. The van der Waals surface area contributed by atoms with E-state index in [-0.39, 0.29) is 0 Å². The van der Waals surface area contributed by atoms with Gasteiger partial charge in [-0.1, -0.05) is 23.3 Å². The van der Waals surface area contributed by atoms with Gasteiger partial charge in [-0.2, -0.15) is 0 Å². The lowest BCUT2D eigenvalue weighted by molar-refractivity contribution is 0.402. The quantitative estimate of drug-likeness (QED) is 0.462. The number of hydrogen-bond acceptors (Lipinski definition) is 0. The highest BCUT2D eigenvalue weighted by Crippen LogP contribution is 2.39. The Balaban J connectivity index is 2.24. The maximum atomic E-state index is 2.44. The standard InChI is InChI=1S/C11H16/c1-8-3-5-11-7-10(8)6-4-9(11)2/h3-4,10-11H,5-7H2,1-2H3. The molecule has 0 N–H and O–H groups in total. The predicted octanol–water partition coefficient (Wildman–Crippen LogP) is 3.31. The normalized spacial score (nSPS) is 36.2. The maximum Gasteiger partial charge on any atom is -0.0166 e. The van der Waals surface area contributed by atoms with E-state index in [9.17, 15) is 0 Å².